The minimum atomic E-state index is -0.729. The molecule has 10 nitrogen and oxygen atoms in total. The summed E-state index contributed by atoms with van der Waals surface area (Å²) in [6, 6.07) is -1.13. The zero-order valence-corrected chi connectivity index (χ0v) is 15.5. The van der Waals surface area contributed by atoms with Gasteiger partial charge in [-0.15, -0.1) is 5.10 Å². The summed E-state index contributed by atoms with van der Waals surface area (Å²) in [5, 5.41) is 13.5. The summed E-state index contributed by atoms with van der Waals surface area (Å²) in [4.78, 5) is 37.8. The largest absolute Gasteiger partial charge is 0.383 e. The van der Waals surface area contributed by atoms with Gasteiger partial charge in [-0.3, -0.25) is 14.5 Å². The van der Waals surface area contributed by atoms with E-state index in [-0.39, 0.29) is 24.9 Å². The van der Waals surface area contributed by atoms with Crippen LogP contribution in [-0.2, 0) is 27.3 Å². The molecule has 2 aliphatic rings. The van der Waals surface area contributed by atoms with Gasteiger partial charge in [-0.05, 0) is 12.8 Å². The Balaban J connectivity index is 1.51. The quantitative estimate of drug-likeness (QED) is 0.607. The summed E-state index contributed by atoms with van der Waals surface area (Å²) in [7, 11) is 1.60. The molecular formula is C17H26N6O4. The highest BCUT2D eigenvalue weighted by Crippen LogP contribution is 2.17. The number of amides is 4. The Morgan fingerprint density at radius 2 is 2.11 bits per heavy atom. The predicted octanol–water partition coefficient (Wildman–Crippen LogP) is -0.164. The number of aromatic nitrogens is 3. The van der Waals surface area contributed by atoms with E-state index in [4.69, 9.17) is 4.74 Å². The maximum Gasteiger partial charge on any atom is 0.325 e. The van der Waals surface area contributed by atoms with E-state index in [0.717, 1.165) is 30.6 Å². The third-order valence-electron chi connectivity index (χ3n) is 4.90. The summed E-state index contributed by atoms with van der Waals surface area (Å²) in [6.45, 7) is 0.811. The number of methoxy groups -OCH3 is 1. The molecule has 2 N–H and O–H groups in total. The van der Waals surface area contributed by atoms with E-state index in [9.17, 15) is 14.4 Å². The van der Waals surface area contributed by atoms with E-state index in [2.05, 4.69) is 20.9 Å². The molecule has 0 spiro atoms. The lowest BCUT2D eigenvalue weighted by molar-refractivity contribution is -0.132. The molecule has 1 saturated heterocycles. The third kappa shape index (κ3) is 5.03. The number of carbonyl (C=O) groups is 3. The topological polar surface area (TPSA) is 118 Å². The van der Waals surface area contributed by atoms with E-state index in [1.807, 2.05) is 0 Å². The smallest absolute Gasteiger partial charge is 0.325 e. The van der Waals surface area contributed by atoms with Gasteiger partial charge in [0.2, 0.25) is 5.91 Å². The monoisotopic (exact) mass is 378 g/mol. The van der Waals surface area contributed by atoms with Crippen molar-refractivity contribution < 1.29 is 19.1 Å². The summed E-state index contributed by atoms with van der Waals surface area (Å²) in [5.74, 6) is -0.707. The van der Waals surface area contributed by atoms with Crippen LogP contribution in [0.2, 0.25) is 0 Å². The molecule has 148 valence electrons. The van der Waals surface area contributed by atoms with Crippen molar-refractivity contribution in [3.05, 3.63) is 11.9 Å². The highest BCUT2D eigenvalue weighted by Gasteiger charge is 2.39. The first-order valence-electron chi connectivity index (χ1n) is 9.36. The zero-order valence-electron chi connectivity index (χ0n) is 15.5. The van der Waals surface area contributed by atoms with Crippen LogP contribution in [0.3, 0.4) is 0 Å². The van der Waals surface area contributed by atoms with Gasteiger partial charge in [0.1, 0.15) is 12.6 Å². The van der Waals surface area contributed by atoms with E-state index in [1.165, 1.54) is 6.42 Å². The molecular weight excluding hydrogens is 352 g/mol. The predicted molar refractivity (Wildman–Crippen MR) is 94.7 cm³/mol. The highest BCUT2D eigenvalue weighted by molar-refractivity contribution is 6.06. The lowest BCUT2D eigenvalue weighted by atomic mass is 9.95. The fourth-order valence-corrected chi connectivity index (χ4v) is 3.46. The summed E-state index contributed by atoms with van der Waals surface area (Å²) >= 11 is 0. The van der Waals surface area contributed by atoms with Crippen molar-refractivity contribution in [2.24, 2.45) is 0 Å². The Morgan fingerprint density at radius 1 is 1.33 bits per heavy atom. The summed E-state index contributed by atoms with van der Waals surface area (Å²) in [6.07, 6.45) is 7.25. The number of hydrogen-bond acceptors (Lipinski definition) is 6. The molecule has 2 fully saturated rings. The van der Waals surface area contributed by atoms with Crippen molar-refractivity contribution in [3.8, 4) is 0 Å². The van der Waals surface area contributed by atoms with Crippen LogP contribution in [0.5, 0.6) is 0 Å². The molecule has 27 heavy (non-hydrogen) atoms. The van der Waals surface area contributed by atoms with Crippen LogP contribution in [0.4, 0.5) is 4.79 Å². The van der Waals surface area contributed by atoms with Crippen LogP contribution in [-0.4, -0.2) is 70.1 Å². The van der Waals surface area contributed by atoms with Gasteiger partial charge in [-0.2, -0.15) is 0 Å². The van der Waals surface area contributed by atoms with Gasteiger partial charge >= 0.3 is 6.03 Å². The molecule has 0 bridgehead atoms. The molecule has 1 aliphatic heterocycles. The van der Waals surface area contributed by atoms with E-state index >= 15 is 0 Å². The van der Waals surface area contributed by atoms with Crippen molar-refractivity contribution in [2.75, 3.05) is 20.3 Å². The minimum absolute atomic E-state index is 0.143. The standard InChI is InChI=1S/C17H26N6O4/c1-27-8-7-22-10-13(20-21-22)9-14-16(25)23(17(26)19-14)11-15(24)18-12-5-3-2-4-6-12/h10,12,14H,2-9,11H2,1H3,(H,18,24)(H,19,26)/t14-/m0/s1. The molecule has 1 aromatic heterocycles. The van der Waals surface area contributed by atoms with E-state index in [0.29, 0.717) is 18.8 Å². The molecule has 0 aromatic carbocycles. The van der Waals surface area contributed by atoms with Crippen LogP contribution in [0.25, 0.3) is 0 Å². The molecule has 4 amide bonds. The van der Waals surface area contributed by atoms with Gasteiger partial charge in [0.05, 0.1) is 18.8 Å². The number of carbonyl (C=O) groups excluding carboxylic acids is 3. The van der Waals surface area contributed by atoms with Crippen molar-refractivity contribution in [1.29, 1.82) is 0 Å². The van der Waals surface area contributed by atoms with Gasteiger partial charge in [0, 0.05) is 25.8 Å². The summed E-state index contributed by atoms with van der Waals surface area (Å²) < 4.78 is 6.60. The Hall–Kier alpha value is -2.49. The van der Waals surface area contributed by atoms with E-state index in [1.54, 1.807) is 18.0 Å². The summed E-state index contributed by atoms with van der Waals surface area (Å²) in [5.41, 5.74) is 0.596. The van der Waals surface area contributed by atoms with Crippen molar-refractivity contribution >= 4 is 17.8 Å². The van der Waals surface area contributed by atoms with E-state index < -0.39 is 18.0 Å². The maximum atomic E-state index is 12.5. The molecule has 0 radical (unpaired) electrons. The van der Waals surface area contributed by atoms with Crippen molar-refractivity contribution in [3.63, 3.8) is 0 Å². The van der Waals surface area contributed by atoms with Gasteiger partial charge in [-0.25, -0.2) is 9.48 Å². The number of hydrogen-bond donors (Lipinski definition) is 2. The second-order valence-electron chi connectivity index (χ2n) is 7.00. The number of nitrogens with zero attached hydrogens (tertiary/aromatic N) is 4. The van der Waals surface area contributed by atoms with Crippen LogP contribution in [0.1, 0.15) is 37.8 Å². The molecule has 1 aliphatic carbocycles. The Labute approximate surface area is 157 Å². The molecule has 1 saturated carbocycles. The molecule has 2 heterocycles. The zero-order chi connectivity index (χ0) is 19.2. The SMILES string of the molecule is COCCn1cc(C[C@@H]2NC(=O)N(CC(=O)NC3CCCCC3)C2=O)nn1. The first-order chi connectivity index (χ1) is 13.1. The lowest BCUT2D eigenvalue weighted by Crippen LogP contribution is -2.45. The van der Waals surface area contributed by atoms with Gasteiger partial charge in [-0.1, -0.05) is 24.5 Å². The Kier molecular flexibility index (Phi) is 6.38. The molecule has 0 unspecified atom stereocenters. The Morgan fingerprint density at radius 3 is 2.85 bits per heavy atom. The fraction of sp³-hybridized carbons (Fsp3) is 0.706. The second-order valence-corrected chi connectivity index (χ2v) is 7.00. The lowest BCUT2D eigenvalue weighted by Gasteiger charge is -2.23. The number of imide groups is 1. The minimum Gasteiger partial charge on any atom is -0.383 e. The third-order valence-corrected chi connectivity index (χ3v) is 4.90. The highest BCUT2D eigenvalue weighted by atomic mass is 16.5. The first-order valence-corrected chi connectivity index (χ1v) is 9.36. The molecule has 3 rings (SSSR count). The Bertz CT molecular complexity index is 685. The van der Waals surface area contributed by atoms with Crippen LogP contribution in [0, 0.1) is 0 Å². The van der Waals surface area contributed by atoms with Crippen LogP contribution >= 0.6 is 0 Å². The average Bonchev–Trinajstić information content (AvgIpc) is 3.21. The molecule has 1 atom stereocenters. The normalized spacial score (nSPS) is 20.8. The van der Waals surface area contributed by atoms with Crippen molar-refractivity contribution in [1.82, 2.24) is 30.5 Å². The van der Waals surface area contributed by atoms with Crippen molar-refractivity contribution in [2.45, 2.75) is 57.2 Å². The number of nitrogens with one attached hydrogen (secondary N) is 2. The maximum absolute atomic E-state index is 12.5. The first kappa shape index (κ1) is 19.3. The number of urea groups is 1. The molecule has 10 heteroatoms. The van der Waals surface area contributed by atoms with Crippen LogP contribution < -0.4 is 10.6 Å². The number of rotatable bonds is 8. The fourth-order valence-electron chi connectivity index (χ4n) is 3.46. The second kappa shape index (κ2) is 8.94. The van der Waals surface area contributed by atoms with Gasteiger partial charge in [0.15, 0.2) is 0 Å². The number of ether oxygens (including phenoxy) is 1. The van der Waals surface area contributed by atoms with Crippen LogP contribution in [0.15, 0.2) is 6.20 Å². The molecule has 1 aromatic rings. The average molecular weight is 378 g/mol. The van der Waals surface area contributed by atoms with Gasteiger partial charge in [0.25, 0.3) is 5.91 Å². The van der Waals surface area contributed by atoms with Gasteiger partial charge < -0.3 is 15.4 Å².